The Kier molecular flexibility index (Phi) is 6.82. The summed E-state index contributed by atoms with van der Waals surface area (Å²) in [6.07, 6.45) is 0. The van der Waals surface area contributed by atoms with E-state index in [9.17, 15) is 19.5 Å². The number of carbonyl (C=O) groups is 3. The molecule has 9 heteroatoms. The molecule has 1 aromatic heterocycles. The Bertz CT molecular complexity index is 1470. The molecule has 4 rings (SSSR count). The Morgan fingerprint density at radius 2 is 1.64 bits per heavy atom. The summed E-state index contributed by atoms with van der Waals surface area (Å²) in [5.41, 5.74) is 8.71. The first-order valence-corrected chi connectivity index (χ1v) is 11.0. The smallest absolute Gasteiger partial charge is 0.337 e. The molecule has 0 atom stereocenters. The van der Waals surface area contributed by atoms with Crippen LogP contribution in [0.2, 0.25) is 0 Å². The van der Waals surface area contributed by atoms with Gasteiger partial charge in [0.25, 0.3) is 5.91 Å². The summed E-state index contributed by atoms with van der Waals surface area (Å²) in [6.45, 7) is -0.186. The van der Waals surface area contributed by atoms with Crippen LogP contribution in [-0.2, 0) is 9.53 Å². The lowest BCUT2D eigenvalue weighted by atomic mass is 10.00. The number of aromatic hydroxyl groups is 1. The first kappa shape index (κ1) is 24.2. The van der Waals surface area contributed by atoms with Gasteiger partial charge in [-0.25, -0.2) is 9.79 Å². The quantitative estimate of drug-likeness (QED) is 0.273. The summed E-state index contributed by atoms with van der Waals surface area (Å²) in [6, 6.07) is 20.9. The molecular formula is C27H24N4O5. The molecule has 0 aliphatic carbocycles. The van der Waals surface area contributed by atoms with Crippen LogP contribution in [0.1, 0.15) is 31.8 Å². The molecule has 0 aliphatic heterocycles. The molecule has 0 saturated heterocycles. The van der Waals surface area contributed by atoms with Crippen molar-refractivity contribution < 1.29 is 24.2 Å². The van der Waals surface area contributed by atoms with Gasteiger partial charge in [-0.2, -0.15) is 0 Å². The Labute approximate surface area is 206 Å². The third-order valence-electron chi connectivity index (χ3n) is 5.58. The van der Waals surface area contributed by atoms with E-state index in [1.165, 1.54) is 19.1 Å². The molecule has 9 nitrogen and oxygen atoms in total. The maximum Gasteiger partial charge on any atom is 0.337 e. The number of hydrogen-bond donors (Lipinski definition) is 3. The molecule has 0 unspecified atom stereocenters. The van der Waals surface area contributed by atoms with Crippen LogP contribution in [0.4, 0.5) is 5.69 Å². The van der Waals surface area contributed by atoms with E-state index in [0.29, 0.717) is 39.0 Å². The number of aliphatic imine (C=N–C) groups is 1. The fourth-order valence-corrected chi connectivity index (χ4v) is 3.86. The number of aromatic amines is 1. The minimum absolute atomic E-state index is 0.102. The van der Waals surface area contributed by atoms with Crippen LogP contribution in [0, 0.1) is 0 Å². The number of nitrogens with two attached hydrogens (primary N) is 1. The number of likely N-dealkylation sites (N-methyl/N-ethyl adjacent to an activating group) is 1. The number of aromatic nitrogens is 1. The molecule has 1 heterocycles. The number of fused-ring (bicyclic) bond motifs is 1. The number of H-pyrrole nitrogens is 1. The van der Waals surface area contributed by atoms with Crippen molar-refractivity contribution in [2.75, 3.05) is 20.7 Å². The van der Waals surface area contributed by atoms with Crippen molar-refractivity contribution in [1.29, 1.82) is 0 Å². The van der Waals surface area contributed by atoms with Gasteiger partial charge in [0, 0.05) is 29.1 Å². The lowest BCUT2D eigenvalue weighted by molar-refractivity contribution is -0.118. The minimum atomic E-state index is -0.600. The highest BCUT2D eigenvalue weighted by atomic mass is 16.5. The van der Waals surface area contributed by atoms with Gasteiger partial charge in [0.05, 0.1) is 36.2 Å². The Morgan fingerprint density at radius 3 is 2.28 bits per heavy atom. The number of nitrogens with zero attached hydrogens (tertiary/aromatic N) is 2. The van der Waals surface area contributed by atoms with Crippen molar-refractivity contribution in [2.24, 2.45) is 10.7 Å². The molecule has 0 fully saturated rings. The molecule has 36 heavy (non-hydrogen) atoms. The number of amides is 2. The van der Waals surface area contributed by atoms with Gasteiger partial charge in [0.15, 0.2) is 5.88 Å². The summed E-state index contributed by atoms with van der Waals surface area (Å²) < 4.78 is 4.79. The molecular weight excluding hydrogens is 460 g/mol. The van der Waals surface area contributed by atoms with Crippen molar-refractivity contribution in [2.45, 2.75) is 0 Å². The molecule has 4 N–H and O–H groups in total. The number of methoxy groups -OCH3 is 1. The summed E-state index contributed by atoms with van der Waals surface area (Å²) in [4.78, 5) is 44.5. The Balaban J connectivity index is 1.78. The predicted octanol–water partition coefficient (Wildman–Crippen LogP) is 3.39. The number of nitrogens with one attached hydrogen (secondary N) is 1. The van der Waals surface area contributed by atoms with Gasteiger partial charge in [0.1, 0.15) is 0 Å². The van der Waals surface area contributed by atoms with Gasteiger partial charge < -0.3 is 25.5 Å². The lowest BCUT2D eigenvalue weighted by Gasteiger charge is -2.15. The number of hydrogen-bond acceptors (Lipinski definition) is 6. The molecule has 0 bridgehead atoms. The van der Waals surface area contributed by atoms with Crippen LogP contribution in [-0.4, -0.2) is 59.2 Å². The SMILES string of the molecule is COC(=O)c1ccc2c(C(=Nc3ccc(C(=O)N(C)CC(N)=O)cc3)c3ccccc3)c(O)[nH]c2c1. The van der Waals surface area contributed by atoms with Crippen LogP contribution in [0.25, 0.3) is 10.9 Å². The number of benzene rings is 3. The first-order valence-electron chi connectivity index (χ1n) is 11.0. The second-order valence-electron chi connectivity index (χ2n) is 8.10. The van der Waals surface area contributed by atoms with Crippen LogP contribution >= 0.6 is 0 Å². The minimum Gasteiger partial charge on any atom is -0.494 e. The third kappa shape index (κ3) is 4.95. The van der Waals surface area contributed by atoms with E-state index in [2.05, 4.69) is 4.98 Å². The molecule has 182 valence electrons. The Hall–Kier alpha value is -4.92. The van der Waals surface area contributed by atoms with E-state index in [1.807, 2.05) is 30.3 Å². The van der Waals surface area contributed by atoms with E-state index in [-0.39, 0.29) is 18.3 Å². The van der Waals surface area contributed by atoms with Crippen molar-refractivity contribution in [3.63, 3.8) is 0 Å². The van der Waals surface area contributed by atoms with Crippen molar-refractivity contribution >= 4 is 40.1 Å². The zero-order valence-corrected chi connectivity index (χ0v) is 19.7. The molecule has 2 amide bonds. The van der Waals surface area contributed by atoms with E-state index in [0.717, 1.165) is 5.56 Å². The van der Waals surface area contributed by atoms with E-state index in [4.69, 9.17) is 15.5 Å². The molecule has 3 aromatic carbocycles. The van der Waals surface area contributed by atoms with E-state index in [1.54, 1.807) is 42.5 Å². The highest BCUT2D eigenvalue weighted by Crippen LogP contribution is 2.32. The molecule has 0 saturated carbocycles. The van der Waals surface area contributed by atoms with Crippen LogP contribution in [0.15, 0.2) is 77.8 Å². The number of carbonyl (C=O) groups excluding carboxylic acids is 3. The summed E-state index contributed by atoms with van der Waals surface area (Å²) in [5, 5.41) is 11.5. The third-order valence-corrected chi connectivity index (χ3v) is 5.58. The van der Waals surface area contributed by atoms with E-state index < -0.39 is 11.9 Å². The van der Waals surface area contributed by atoms with Crippen molar-refractivity contribution in [1.82, 2.24) is 9.88 Å². The van der Waals surface area contributed by atoms with Crippen LogP contribution < -0.4 is 5.73 Å². The first-order chi connectivity index (χ1) is 17.3. The maximum absolute atomic E-state index is 12.5. The fraction of sp³-hybridized carbons (Fsp3) is 0.111. The highest BCUT2D eigenvalue weighted by Gasteiger charge is 2.20. The number of rotatable bonds is 7. The van der Waals surface area contributed by atoms with E-state index >= 15 is 0 Å². The zero-order chi connectivity index (χ0) is 25.8. The molecule has 0 radical (unpaired) electrons. The largest absolute Gasteiger partial charge is 0.494 e. The van der Waals surface area contributed by atoms with Gasteiger partial charge in [-0.05, 0) is 36.4 Å². The number of esters is 1. The second kappa shape index (κ2) is 10.1. The maximum atomic E-state index is 12.5. The second-order valence-corrected chi connectivity index (χ2v) is 8.10. The molecule has 0 aliphatic rings. The lowest BCUT2D eigenvalue weighted by Crippen LogP contribution is -2.35. The zero-order valence-electron chi connectivity index (χ0n) is 19.7. The average Bonchev–Trinajstić information content (AvgIpc) is 3.21. The van der Waals surface area contributed by atoms with Gasteiger partial charge in [-0.1, -0.05) is 36.4 Å². The topological polar surface area (TPSA) is 138 Å². The van der Waals surface area contributed by atoms with Crippen molar-refractivity contribution in [3.8, 4) is 5.88 Å². The van der Waals surface area contributed by atoms with Crippen LogP contribution in [0.5, 0.6) is 5.88 Å². The van der Waals surface area contributed by atoms with Crippen molar-refractivity contribution in [3.05, 3.63) is 95.1 Å². The highest BCUT2D eigenvalue weighted by molar-refractivity contribution is 6.22. The number of ether oxygens (including phenoxy) is 1. The monoisotopic (exact) mass is 484 g/mol. The standard InChI is InChI=1S/C27H24N4O5/c1-31(15-22(28)32)26(34)17-8-11-19(12-9-17)29-24(16-6-4-3-5-7-16)23-20-13-10-18(27(35)36-2)14-21(20)30-25(23)33/h3-14,30,33H,15H2,1-2H3,(H2,28,32). The van der Waals surface area contributed by atoms with Gasteiger partial charge in [0.2, 0.25) is 5.91 Å². The van der Waals surface area contributed by atoms with Gasteiger partial charge >= 0.3 is 5.97 Å². The van der Waals surface area contributed by atoms with Crippen LogP contribution in [0.3, 0.4) is 0 Å². The Morgan fingerprint density at radius 1 is 0.972 bits per heavy atom. The summed E-state index contributed by atoms with van der Waals surface area (Å²) >= 11 is 0. The molecule has 4 aromatic rings. The average molecular weight is 485 g/mol. The summed E-state index contributed by atoms with van der Waals surface area (Å²) in [5.74, 6) is -1.53. The fourth-order valence-electron chi connectivity index (χ4n) is 3.86. The number of primary amides is 1. The normalized spacial score (nSPS) is 11.3. The summed E-state index contributed by atoms with van der Waals surface area (Å²) in [7, 11) is 2.80. The predicted molar refractivity (Wildman–Crippen MR) is 136 cm³/mol. The van der Waals surface area contributed by atoms with Gasteiger partial charge in [-0.15, -0.1) is 0 Å². The van der Waals surface area contributed by atoms with Gasteiger partial charge in [-0.3, -0.25) is 9.59 Å². The molecule has 0 spiro atoms.